The summed E-state index contributed by atoms with van der Waals surface area (Å²) in [7, 11) is 2.00. The fourth-order valence-corrected chi connectivity index (χ4v) is 3.79. The number of hydrogen-bond acceptors (Lipinski definition) is 2. The summed E-state index contributed by atoms with van der Waals surface area (Å²) in [4.78, 5) is 5.74. The zero-order chi connectivity index (χ0) is 16.6. The smallest absolute Gasteiger partial charge is 0.190 e. The second-order valence-corrected chi connectivity index (χ2v) is 7.10. The molecule has 0 bridgehead atoms. The van der Waals surface area contributed by atoms with E-state index in [2.05, 4.69) is 29.9 Å². The number of rotatable bonds is 2. The third-order valence-corrected chi connectivity index (χ3v) is 5.39. The average Bonchev–Trinajstić information content (AvgIpc) is 2.85. The largest absolute Gasteiger partial charge is 0.319 e. The highest BCUT2D eigenvalue weighted by Gasteiger charge is 2.09. The number of aromatic nitrogens is 1. The van der Waals surface area contributed by atoms with E-state index in [0.29, 0.717) is 10.0 Å². The van der Waals surface area contributed by atoms with Crippen molar-refractivity contribution in [1.82, 2.24) is 4.57 Å². The van der Waals surface area contributed by atoms with Crippen molar-refractivity contribution in [3.05, 3.63) is 67.8 Å². The molecule has 0 atom stereocenters. The molecule has 24 heavy (non-hydrogen) atoms. The Kier molecular flexibility index (Phi) is 6.16. The summed E-state index contributed by atoms with van der Waals surface area (Å²) < 4.78 is 2.06. The third kappa shape index (κ3) is 3.70. The first kappa shape index (κ1) is 19.1. The highest BCUT2D eigenvalue weighted by atomic mass is 35.5. The monoisotopic (exact) mass is 398 g/mol. The molecule has 0 spiro atoms. The van der Waals surface area contributed by atoms with Crippen molar-refractivity contribution in [3.8, 4) is 11.3 Å². The Morgan fingerprint density at radius 1 is 1.08 bits per heavy atom. The molecule has 1 aromatic heterocycles. The molecule has 0 aliphatic carbocycles. The van der Waals surface area contributed by atoms with Gasteiger partial charge in [-0.1, -0.05) is 35.3 Å². The molecule has 0 aliphatic rings. The minimum atomic E-state index is 0. The molecule has 3 aromatic rings. The lowest BCUT2D eigenvalue weighted by Gasteiger charge is -2.06. The van der Waals surface area contributed by atoms with Crippen molar-refractivity contribution in [2.45, 2.75) is 13.8 Å². The molecule has 3 rings (SSSR count). The van der Waals surface area contributed by atoms with Gasteiger partial charge in [0.25, 0.3) is 0 Å². The van der Waals surface area contributed by atoms with Gasteiger partial charge < -0.3 is 4.57 Å². The van der Waals surface area contributed by atoms with Gasteiger partial charge in [-0.3, -0.25) is 0 Å². The average molecular weight is 400 g/mol. The first-order chi connectivity index (χ1) is 11.0. The van der Waals surface area contributed by atoms with Crippen LogP contribution in [0.3, 0.4) is 0 Å². The van der Waals surface area contributed by atoms with Crippen molar-refractivity contribution in [2.24, 2.45) is 12.0 Å². The Morgan fingerprint density at radius 2 is 1.83 bits per heavy atom. The van der Waals surface area contributed by atoms with Crippen LogP contribution in [0.1, 0.15) is 11.1 Å². The van der Waals surface area contributed by atoms with Gasteiger partial charge in [-0.15, -0.1) is 23.7 Å². The molecule has 0 radical (unpaired) electrons. The van der Waals surface area contributed by atoms with E-state index in [4.69, 9.17) is 28.2 Å². The summed E-state index contributed by atoms with van der Waals surface area (Å²) in [6.45, 7) is 4.19. The van der Waals surface area contributed by atoms with E-state index in [0.717, 1.165) is 21.7 Å². The van der Waals surface area contributed by atoms with Gasteiger partial charge in [0.1, 0.15) is 0 Å². The molecule has 0 amide bonds. The summed E-state index contributed by atoms with van der Waals surface area (Å²) in [5.41, 5.74) is 5.42. The first-order valence-electron chi connectivity index (χ1n) is 7.18. The Morgan fingerprint density at radius 3 is 2.54 bits per heavy atom. The van der Waals surface area contributed by atoms with E-state index in [9.17, 15) is 0 Å². The van der Waals surface area contributed by atoms with Gasteiger partial charge in [0, 0.05) is 23.0 Å². The van der Waals surface area contributed by atoms with E-state index in [1.807, 2.05) is 31.3 Å². The second kappa shape index (κ2) is 7.75. The van der Waals surface area contributed by atoms with Crippen molar-refractivity contribution in [2.75, 3.05) is 0 Å². The van der Waals surface area contributed by atoms with Gasteiger partial charge in [0.2, 0.25) is 0 Å². The minimum absolute atomic E-state index is 0. The van der Waals surface area contributed by atoms with E-state index >= 15 is 0 Å². The SMILES string of the molecule is Cc1cccc(N=c2scc(-c3ccc(Cl)cc3Cl)n2C)c1C.Cl. The van der Waals surface area contributed by atoms with Gasteiger partial charge >= 0.3 is 0 Å². The van der Waals surface area contributed by atoms with Gasteiger partial charge in [-0.05, 0) is 49.2 Å². The molecule has 0 N–H and O–H groups in total. The second-order valence-electron chi connectivity index (χ2n) is 5.42. The zero-order valence-electron chi connectivity index (χ0n) is 13.5. The zero-order valence-corrected chi connectivity index (χ0v) is 16.7. The molecule has 0 saturated carbocycles. The van der Waals surface area contributed by atoms with Gasteiger partial charge in [0.15, 0.2) is 4.80 Å². The van der Waals surface area contributed by atoms with Crippen LogP contribution in [0.15, 0.2) is 46.8 Å². The van der Waals surface area contributed by atoms with E-state index < -0.39 is 0 Å². The highest BCUT2D eigenvalue weighted by Crippen LogP contribution is 2.30. The molecule has 126 valence electrons. The number of hydrogen-bond donors (Lipinski definition) is 0. The van der Waals surface area contributed by atoms with Crippen molar-refractivity contribution < 1.29 is 0 Å². The molecule has 0 saturated heterocycles. The van der Waals surface area contributed by atoms with Crippen LogP contribution in [0.4, 0.5) is 5.69 Å². The molecule has 6 heteroatoms. The number of nitrogens with zero attached hydrogens (tertiary/aromatic N) is 2. The maximum absolute atomic E-state index is 6.33. The summed E-state index contributed by atoms with van der Waals surface area (Å²) in [6, 6.07) is 11.7. The van der Waals surface area contributed by atoms with E-state index in [1.165, 1.54) is 11.1 Å². The van der Waals surface area contributed by atoms with Crippen LogP contribution < -0.4 is 4.80 Å². The van der Waals surface area contributed by atoms with Gasteiger partial charge in [-0.2, -0.15) is 0 Å². The van der Waals surface area contributed by atoms with Crippen LogP contribution in [0, 0.1) is 13.8 Å². The Bertz CT molecular complexity index is 942. The van der Waals surface area contributed by atoms with Gasteiger partial charge in [0.05, 0.1) is 16.4 Å². The molecule has 0 unspecified atom stereocenters. The number of halogens is 3. The first-order valence-corrected chi connectivity index (χ1v) is 8.82. The van der Waals surface area contributed by atoms with Crippen LogP contribution in [0.2, 0.25) is 10.0 Å². The Balaban J connectivity index is 0.00000208. The lowest BCUT2D eigenvalue weighted by atomic mass is 10.1. The highest BCUT2D eigenvalue weighted by molar-refractivity contribution is 7.07. The summed E-state index contributed by atoms with van der Waals surface area (Å²) in [5, 5.41) is 3.35. The Hall–Kier alpha value is -1.26. The van der Waals surface area contributed by atoms with Crippen molar-refractivity contribution in [1.29, 1.82) is 0 Å². The van der Waals surface area contributed by atoms with E-state index in [1.54, 1.807) is 17.4 Å². The lowest BCUT2D eigenvalue weighted by molar-refractivity contribution is 0.882. The van der Waals surface area contributed by atoms with Gasteiger partial charge in [-0.25, -0.2) is 4.99 Å². The molecule has 0 fully saturated rings. The molecular weight excluding hydrogens is 383 g/mol. The fourth-order valence-electron chi connectivity index (χ4n) is 2.37. The van der Waals surface area contributed by atoms with Crippen LogP contribution in [0.25, 0.3) is 11.3 Å². The topological polar surface area (TPSA) is 17.3 Å². The normalized spacial score (nSPS) is 11.5. The third-order valence-electron chi connectivity index (χ3n) is 3.92. The standard InChI is InChI=1S/C18H16Cl2N2S.ClH/c1-11-5-4-6-16(12(11)2)21-18-22(3)17(10-23-18)14-8-7-13(19)9-15(14)20;/h4-10H,1-3H3;1H. The molecule has 1 heterocycles. The predicted octanol–water partition coefficient (Wildman–Crippen LogP) is 6.33. The van der Waals surface area contributed by atoms with Crippen LogP contribution in [-0.4, -0.2) is 4.57 Å². The molecule has 2 aromatic carbocycles. The van der Waals surface area contributed by atoms with E-state index in [-0.39, 0.29) is 12.4 Å². The summed E-state index contributed by atoms with van der Waals surface area (Å²) >= 11 is 13.9. The predicted molar refractivity (Wildman–Crippen MR) is 107 cm³/mol. The number of thiazole rings is 1. The minimum Gasteiger partial charge on any atom is -0.319 e. The van der Waals surface area contributed by atoms with Crippen molar-refractivity contribution >= 4 is 52.6 Å². The summed E-state index contributed by atoms with van der Waals surface area (Å²) in [5.74, 6) is 0. The van der Waals surface area contributed by atoms with Crippen molar-refractivity contribution in [3.63, 3.8) is 0 Å². The lowest BCUT2D eigenvalue weighted by Crippen LogP contribution is -2.11. The maximum atomic E-state index is 6.33. The van der Waals surface area contributed by atoms with Crippen LogP contribution >= 0.6 is 46.9 Å². The molecular formula is C18H17Cl3N2S. The van der Waals surface area contributed by atoms with Crippen LogP contribution in [0.5, 0.6) is 0 Å². The number of benzene rings is 2. The Labute approximate surface area is 161 Å². The molecule has 0 aliphatic heterocycles. The maximum Gasteiger partial charge on any atom is 0.190 e. The van der Waals surface area contributed by atoms with Crippen LogP contribution in [-0.2, 0) is 7.05 Å². The quantitative estimate of drug-likeness (QED) is 0.479. The number of aryl methyl sites for hydroxylation is 1. The fraction of sp³-hybridized carbons (Fsp3) is 0.167. The summed E-state index contributed by atoms with van der Waals surface area (Å²) in [6.07, 6.45) is 0. The molecule has 2 nitrogen and oxygen atoms in total.